The van der Waals surface area contributed by atoms with Gasteiger partial charge in [0, 0.05) is 33.3 Å². The van der Waals surface area contributed by atoms with Gasteiger partial charge >= 0.3 is 0 Å². The van der Waals surface area contributed by atoms with Crippen LogP contribution < -0.4 is 5.32 Å². The molecule has 0 aromatic rings. The van der Waals surface area contributed by atoms with Gasteiger partial charge in [0.1, 0.15) is 6.61 Å². The van der Waals surface area contributed by atoms with Gasteiger partial charge in [-0.25, -0.2) is 0 Å². The summed E-state index contributed by atoms with van der Waals surface area (Å²) < 4.78 is 11.2. The predicted molar refractivity (Wildman–Crippen MR) is 105 cm³/mol. The first-order valence-electron chi connectivity index (χ1n) is 10.2. The Morgan fingerprint density at radius 1 is 1.35 bits per heavy atom. The molecule has 0 aromatic heterocycles. The molecule has 1 amide bonds. The summed E-state index contributed by atoms with van der Waals surface area (Å²) >= 11 is 0. The molecule has 1 N–H and O–H groups in total. The van der Waals surface area contributed by atoms with Crippen molar-refractivity contribution >= 4 is 5.91 Å². The van der Waals surface area contributed by atoms with E-state index in [2.05, 4.69) is 37.1 Å². The minimum Gasteiger partial charge on any atom is -0.375 e. The van der Waals surface area contributed by atoms with Crippen molar-refractivity contribution in [2.24, 2.45) is 5.92 Å². The van der Waals surface area contributed by atoms with E-state index in [1.807, 2.05) is 0 Å². The lowest BCUT2D eigenvalue weighted by Gasteiger charge is -2.40. The van der Waals surface area contributed by atoms with E-state index in [1.165, 1.54) is 32.1 Å². The number of allylic oxidation sites excluding steroid dienone is 2. The smallest absolute Gasteiger partial charge is 0.246 e. The Balaban J connectivity index is 1.66. The second-order valence-electron chi connectivity index (χ2n) is 8.46. The van der Waals surface area contributed by atoms with Crippen molar-refractivity contribution in [1.82, 2.24) is 10.2 Å². The quantitative estimate of drug-likeness (QED) is 0.637. The Kier molecular flexibility index (Phi) is 8.58. The zero-order chi connectivity index (χ0) is 19.0. The average Bonchev–Trinajstić information content (AvgIpc) is 2.98. The summed E-state index contributed by atoms with van der Waals surface area (Å²) in [6.45, 7) is 10.9. The molecule has 0 aromatic carbocycles. The van der Waals surface area contributed by atoms with Crippen LogP contribution in [0.1, 0.15) is 59.3 Å². The Hall–Kier alpha value is -0.910. The molecule has 2 aliphatic heterocycles. The molecule has 0 saturated carbocycles. The van der Waals surface area contributed by atoms with Crippen LogP contribution in [-0.4, -0.2) is 62.4 Å². The highest BCUT2D eigenvalue weighted by Crippen LogP contribution is 2.38. The fourth-order valence-electron chi connectivity index (χ4n) is 4.15. The van der Waals surface area contributed by atoms with Crippen LogP contribution in [0.5, 0.6) is 0 Å². The highest BCUT2D eigenvalue weighted by atomic mass is 16.5. The summed E-state index contributed by atoms with van der Waals surface area (Å²) in [5, 5.41) is 2.91. The molecule has 2 heterocycles. The zero-order valence-electron chi connectivity index (χ0n) is 17.2. The molecule has 1 spiro atoms. The molecule has 0 bridgehead atoms. The van der Waals surface area contributed by atoms with Gasteiger partial charge in [0.15, 0.2) is 0 Å². The van der Waals surface area contributed by atoms with Crippen LogP contribution in [-0.2, 0) is 14.3 Å². The number of carbonyl (C=O) groups is 1. The zero-order valence-corrected chi connectivity index (χ0v) is 17.2. The monoisotopic (exact) mass is 366 g/mol. The Morgan fingerprint density at radius 3 is 2.73 bits per heavy atom. The van der Waals surface area contributed by atoms with Crippen LogP contribution in [0.15, 0.2) is 11.6 Å². The molecular formula is C21H38N2O3. The van der Waals surface area contributed by atoms with Crippen molar-refractivity contribution in [3.63, 3.8) is 0 Å². The first kappa shape index (κ1) is 21.4. The molecule has 5 nitrogen and oxygen atoms in total. The van der Waals surface area contributed by atoms with Gasteiger partial charge in [0.05, 0.1) is 11.7 Å². The molecule has 5 heteroatoms. The third-order valence-electron chi connectivity index (χ3n) is 5.69. The van der Waals surface area contributed by atoms with Crippen molar-refractivity contribution < 1.29 is 14.3 Å². The van der Waals surface area contributed by atoms with Gasteiger partial charge in [-0.2, -0.15) is 0 Å². The lowest BCUT2D eigenvalue weighted by molar-refractivity contribution is -0.126. The lowest BCUT2D eigenvalue weighted by Crippen LogP contribution is -2.46. The number of nitrogens with one attached hydrogen (secondary N) is 1. The van der Waals surface area contributed by atoms with E-state index in [-0.39, 0.29) is 24.2 Å². The van der Waals surface area contributed by atoms with Crippen molar-refractivity contribution in [2.45, 2.75) is 71.0 Å². The maximum Gasteiger partial charge on any atom is 0.246 e. The van der Waals surface area contributed by atoms with Crippen molar-refractivity contribution in [3.05, 3.63) is 11.6 Å². The number of likely N-dealkylation sites (tertiary alicyclic amines) is 1. The van der Waals surface area contributed by atoms with Gasteiger partial charge in [0.2, 0.25) is 5.91 Å². The highest BCUT2D eigenvalue weighted by molar-refractivity contribution is 5.77. The van der Waals surface area contributed by atoms with Gasteiger partial charge in [-0.15, -0.1) is 0 Å². The van der Waals surface area contributed by atoms with E-state index >= 15 is 0 Å². The van der Waals surface area contributed by atoms with E-state index in [9.17, 15) is 4.79 Å². The standard InChI is InChI=1S/C21H38N2O3/c1-17(2)6-5-7-18(3)15-23-12-10-21(11-13-23)9-8-19(26-21)14-22-20(24)16-25-4/h6,18-19H,5,7-16H2,1-4H3,(H,22,24)/t18-,19-/m0/s1. The van der Waals surface area contributed by atoms with Gasteiger partial charge in [-0.1, -0.05) is 18.6 Å². The Bertz CT molecular complexity index is 466. The summed E-state index contributed by atoms with van der Waals surface area (Å²) in [6, 6.07) is 0. The minimum absolute atomic E-state index is 0.0540. The fourth-order valence-corrected chi connectivity index (χ4v) is 4.15. The predicted octanol–water partition coefficient (Wildman–Crippen LogP) is 3.15. The van der Waals surface area contributed by atoms with Crippen molar-refractivity contribution in [1.29, 1.82) is 0 Å². The fraction of sp³-hybridized carbons (Fsp3) is 0.857. The first-order valence-corrected chi connectivity index (χ1v) is 10.2. The Labute approximate surface area is 159 Å². The topological polar surface area (TPSA) is 50.8 Å². The normalized spacial score (nSPS) is 23.8. The molecule has 2 saturated heterocycles. The SMILES string of the molecule is COCC(=O)NC[C@@H]1CCC2(CCN(C[C@@H](C)CCC=C(C)C)CC2)O1. The number of ether oxygens (including phenoxy) is 2. The van der Waals surface area contributed by atoms with Gasteiger partial charge in [0.25, 0.3) is 0 Å². The molecule has 2 rings (SSSR count). The lowest BCUT2D eigenvalue weighted by atomic mass is 9.88. The van der Waals surface area contributed by atoms with Crippen LogP contribution >= 0.6 is 0 Å². The molecule has 0 aliphatic carbocycles. The second kappa shape index (κ2) is 10.4. The molecule has 0 unspecified atom stereocenters. The van der Waals surface area contributed by atoms with Crippen molar-refractivity contribution in [2.75, 3.05) is 39.9 Å². The second-order valence-corrected chi connectivity index (χ2v) is 8.46. The van der Waals surface area contributed by atoms with E-state index < -0.39 is 0 Å². The van der Waals surface area contributed by atoms with Crippen LogP contribution in [0.2, 0.25) is 0 Å². The van der Waals surface area contributed by atoms with Crippen LogP contribution in [0.4, 0.5) is 0 Å². The molecule has 0 radical (unpaired) electrons. The number of rotatable bonds is 9. The first-order chi connectivity index (χ1) is 12.4. The van der Waals surface area contributed by atoms with Gasteiger partial charge in [-0.05, 0) is 58.3 Å². The summed E-state index contributed by atoms with van der Waals surface area (Å²) in [4.78, 5) is 14.1. The van der Waals surface area contributed by atoms with Crippen LogP contribution in [0.25, 0.3) is 0 Å². The summed E-state index contributed by atoms with van der Waals surface area (Å²) in [6.07, 6.45) is 9.39. The number of hydrogen-bond acceptors (Lipinski definition) is 4. The van der Waals surface area contributed by atoms with Gasteiger partial charge in [-0.3, -0.25) is 4.79 Å². The number of methoxy groups -OCH3 is 1. The van der Waals surface area contributed by atoms with Crippen LogP contribution in [0, 0.1) is 5.92 Å². The number of nitrogens with zero attached hydrogens (tertiary/aromatic N) is 1. The molecule has 2 aliphatic rings. The minimum atomic E-state index is -0.0611. The maximum atomic E-state index is 11.5. The van der Waals surface area contributed by atoms with E-state index in [1.54, 1.807) is 0 Å². The average molecular weight is 367 g/mol. The Morgan fingerprint density at radius 2 is 2.08 bits per heavy atom. The van der Waals surface area contributed by atoms with E-state index in [4.69, 9.17) is 9.47 Å². The molecule has 26 heavy (non-hydrogen) atoms. The summed E-state index contributed by atoms with van der Waals surface area (Å²) in [5.41, 5.74) is 1.47. The van der Waals surface area contributed by atoms with Crippen LogP contribution in [0.3, 0.4) is 0 Å². The largest absolute Gasteiger partial charge is 0.375 e. The number of hydrogen-bond donors (Lipinski definition) is 1. The maximum absolute atomic E-state index is 11.5. The number of amides is 1. The summed E-state index contributed by atoms with van der Waals surface area (Å²) in [7, 11) is 1.54. The van der Waals surface area contributed by atoms with E-state index in [0.717, 1.165) is 44.7 Å². The molecular weight excluding hydrogens is 328 g/mol. The molecule has 2 atom stereocenters. The molecule has 2 fully saturated rings. The van der Waals surface area contributed by atoms with E-state index in [0.29, 0.717) is 6.54 Å². The summed E-state index contributed by atoms with van der Waals surface area (Å²) in [5.74, 6) is 0.682. The molecule has 150 valence electrons. The van der Waals surface area contributed by atoms with Crippen molar-refractivity contribution in [3.8, 4) is 0 Å². The third kappa shape index (κ3) is 7.01. The number of piperidine rings is 1. The third-order valence-corrected chi connectivity index (χ3v) is 5.69. The number of carbonyl (C=O) groups excluding carboxylic acids is 1. The highest BCUT2D eigenvalue weighted by Gasteiger charge is 2.42. The van der Waals surface area contributed by atoms with Gasteiger partial charge < -0.3 is 19.7 Å².